The van der Waals surface area contributed by atoms with Crippen molar-refractivity contribution in [3.8, 4) is 0 Å². The quantitative estimate of drug-likeness (QED) is 0.827. The molecule has 112 valence electrons. The van der Waals surface area contributed by atoms with Gasteiger partial charge in [-0.25, -0.2) is 13.1 Å². The van der Waals surface area contributed by atoms with Gasteiger partial charge in [0.05, 0.1) is 14.9 Å². The Labute approximate surface area is 134 Å². The van der Waals surface area contributed by atoms with Gasteiger partial charge in [-0.1, -0.05) is 36.0 Å². The lowest BCUT2D eigenvalue weighted by molar-refractivity contribution is 0.364. The second kappa shape index (κ2) is 6.84. The number of sulfonamides is 1. The van der Waals surface area contributed by atoms with Crippen molar-refractivity contribution in [1.82, 2.24) is 4.72 Å². The molecule has 2 atom stereocenters. The molecule has 0 amide bonds. The fourth-order valence-electron chi connectivity index (χ4n) is 2.34. The number of nitrogens with one attached hydrogen (secondary N) is 1. The maximum Gasteiger partial charge on any atom is 0.240 e. The van der Waals surface area contributed by atoms with Gasteiger partial charge in [0.25, 0.3) is 0 Å². The summed E-state index contributed by atoms with van der Waals surface area (Å²) >= 11 is 17.9. The van der Waals surface area contributed by atoms with E-state index in [1.807, 2.05) is 0 Å². The van der Waals surface area contributed by atoms with Gasteiger partial charge in [0.15, 0.2) is 0 Å². The Balaban J connectivity index is 2.05. The Bertz CT molecular complexity index is 577. The molecule has 0 radical (unpaired) electrons. The van der Waals surface area contributed by atoms with E-state index >= 15 is 0 Å². The zero-order valence-corrected chi connectivity index (χ0v) is 13.9. The molecule has 1 fully saturated rings. The van der Waals surface area contributed by atoms with E-state index in [0.717, 1.165) is 25.7 Å². The third-order valence-electron chi connectivity index (χ3n) is 3.55. The van der Waals surface area contributed by atoms with Crippen LogP contribution in [0.25, 0.3) is 0 Å². The summed E-state index contributed by atoms with van der Waals surface area (Å²) in [6.07, 6.45) is 4.12. The Kier molecular flexibility index (Phi) is 5.60. The van der Waals surface area contributed by atoms with E-state index < -0.39 is 10.0 Å². The third-order valence-corrected chi connectivity index (χ3v) is 6.29. The minimum Gasteiger partial charge on any atom is -0.211 e. The molecule has 1 aliphatic carbocycles. The number of alkyl halides is 1. The van der Waals surface area contributed by atoms with Crippen molar-refractivity contribution in [1.29, 1.82) is 0 Å². The van der Waals surface area contributed by atoms with Gasteiger partial charge in [-0.15, -0.1) is 11.6 Å². The summed E-state index contributed by atoms with van der Waals surface area (Å²) in [6.45, 7) is 0.358. The molecular weight excluding hydrogens is 341 g/mol. The van der Waals surface area contributed by atoms with Crippen LogP contribution in [0.3, 0.4) is 0 Å². The highest BCUT2D eigenvalue weighted by Gasteiger charge is 2.25. The number of hydrogen-bond acceptors (Lipinski definition) is 2. The van der Waals surface area contributed by atoms with Crippen molar-refractivity contribution < 1.29 is 8.42 Å². The Hall–Kier alpha value is -0.000000000000000111. The molecule has 0 bridgehead atoms. The molecule has 2 rings (SSSR count). The molecule has 1 saturated carbocycles. The lowest BCUT2D eigenvalue weighted by Crippen LogP contribution is -2.34. The van der Waals surface area contributed by atoms with Crippen molar-refractivity contribution in [3.63, 3.8) is 0 Å². The summed E-state index contributed by atoms with van der Waals surface area (Å²) in [5, 5.41) is 0.599. The van der Waals surface area contributed by atoms with E-state index in [-0.39, 0.29) is 21.2 Å². The molecule has 1 aliphatic rings. The van der Waals surface area contributed by atoms with E-state index in [1.54, 1.807) is 0 Å². The first-order chi connectivity index (χ1) is 9.40. The smallest absolute Gasteiger partial charge is 0.211 e. The topological polar surface area (TPSA) is 46.2 Å². The predicted octanol–water partition coefficient (Wildman–Crippen LogP) is 4.07. The van der Waals surface area contributed by atoms with E-state index in [0.29, 0.717) is 11.6 Å². The maximum absolute atomic E-state index is 12.2. The zero-order valence-electron chi connectivity index (χ0n) is 10.8. The van der Waals surface area contributed by atoms with Crippen molar-refractivity contribution in [2.24, 2.45) is 5.92 Å². The van der Waals surface area contributed by atoms with Crippen molar-refractivity contribution in [3.05, 3.63) is 28.2 Å². The Morgan fingerprint density at radius 3 is 2.50 bits per heavy atom. The molecule has 2 unspecified atom stereocenters. The highest BCUT2D eigenvalue weighted by molar-refractivity contribution is 7.89. The lowest BCUT2D eigenvalue weighted by Gasteiger charge is -2.27. The van der Waals surface area contributed by atoms with Crippen LogP contribution in [0.15, 0.2) is 23.1 Å². The number of rotatable bonds is 4. The van der Waals surface area contributed by atoms with Gasteiger partial charge < -0.3 is 0 Å². The summed E-state index contributed by atoms with van der Waals surface area (Å²) < 4.78 is 27.0. The second-order valence-corrected chi connectivity index (χ2v) is 8.13. The van der Waals surface area contributed by atoms with Crippen LogP contribution in [-0.2, 0) is 10.0 Å². The van der Waals surface area contributed by atoms with Crippen LogP contribution < -0.4 is 4.72 Å². The van der Waals surface area contributed by atoms with Gasteiger partial charge in [-0.05, 0) is 37.0 Å². The van der Waals surface area contributed by atoms with E-state index in [4.69, 9.17) is 34.8 Å². The highest BCUT2D eigenvalue weighted by atomic mass is 35.5. The molecule has 0 heterocycles. The first kappa shape index (κ1) is 16.4. The second-order valence-electron chi connectivity index (χ2n) is 4.99. The molecule has 0 spiro atoms. The van der Waals surface area contributed by atoms with E-state index in [9.17, 15) is 8.42 Å². The minimum atomic E-state index is -3.57. The van der Waals surface area contributed by atoms with Crippen LogP contribution in [0.2, 0.25) is 10.0 Å². The van der Waals surface area contributed by atoms with Crippen molar-refractivity contribution in [2.45, 2.75) is 36.0 Å². The van der Waals surface area contributed by atoms with Crippen molar-refractivity contribution >= 4 is 44.8 Å². The van der Waals surface area contributed by atoms with Crippen LogP contribution in [-0.4, -0.2) is 20.3 Å². The lowest BCUT2D eigenvalue weighted by atomic mass is 9.89. The number of benzene rings is 1. The van der Waals surface area contributed by atoms with Gasteiger partial charge in [0.1, 0.15) is 0 Å². The average Bonchev–Trinajstić information content (AvgIpc) is 2.41. The molecule has 3 nitrogen and oxygen atoms in total. The Morgan fingerprint density at radius 2 is 1.85 bits per heavy atom. The third kappa shape index (κ3) is 4.01. The van der Waals surface area contributed by atoms with Gasteiger partial charge in [-0.3, -0.25) is 0 Å². The van der Waals surface area contributed by atoms with Crippen LogP contribution in [0, 0.1) is 5.92 Å². The Morgan fingerprint density at radius 1 is 1.15 bits per heavy atom. The standard InChI is InChI=1S/C13H16Cl3NO2S/c14-11-4-2-1-3-9(11)8-17-20(18,19)10-5-6-12(15)13(16)7-10/h5-7,9,11,17H,1-4,8H2. The molecule has 1 aromatic rings. The van der Waals surface area contributed by atoms with Gasteiger partial charge >= 0.3 is 0 Å². The molecule has 1 aromatic carbocycles. The summed E-state index contributed by atoms with van der Waals surface area (Å²) in [5.41, 5.74) is 0. The maximum atomic E-state index is 12.2. The molecular formula is C13H16Cl3NO2S. The monoisotopic (exact) mass is 355 g/mol. The highest BCUT2D eigenvalue weighted by Crippen LogP contribution is 2.29. The first-order valence-corrected chi connectivity index (χ1v) is 9.16. The van der Waals surface area contributed by atoms with Gasteiger partial charge in [0.2, 0.25) is 10.0 Å². The predicted molar refractivity (Wildman–Crippen MR) is 83.2 cm³/mol. The minimum absolute atomic E-state index is 0.0419. The SMILES string of the molecule is O=S(=O)(NCC1CCCCC1Cl)c1ccc(Cl)c(Cl)c1. The van der Waals surface area contributed by atoms with Crippen LogP contribution in [0.5, 0.6) is 0 Å². The summed E-state index contributed by atoms with van der Waals surface area (Å²) in [6, 6.07) is 4.27. The fraction of sp³-hybridized carbons (Fsp3) is 0.538. The van der Waals surface area contributed by atoms with Crippen LogP contribution in [0.4, 0.5) is 0 Å². The fourth-order valence-corrected chi connectivity index (χ4v) is 4.19. The molecule has 0 aliphatic heterocycles. The molecule has 7 heteroatoms. The van der Waals surface area contributed by atoms with Gasteiger partial charge in [0, 0.05) is 11.9 Å². The van der Waals surface area contributed by atoms with Gasteiger partial charge in [-0.2, -0.15) is 0 Å². The van der Waals surface area contributed by atoms with Crippen LogP contribution >= 0.6 is 34.8 Å². The normalized spacial score (nSPS) is 23.8. The number of hydrogen-bond donors (Lipinski definition) is 1. The number of halogens is 3. The summed E-state index contributed by atoms with van der Waals surface area (Å²) in [4.78, 5) is 0.119. The first-order valence-electron chi connectivity index (χ1n) is 6.49. The zero-order chi connectivity index (χ0) is 14.8. The molecule has 0 aromatic heterocycles. The molecule has 0 saturated heterocycles. The average molecular weight is 357 g/mol. The summed E-state index contributed by atoms with van der Waals surface area (Å²) in [5.74, 6) is 0.183. The van der Waals surface area contributed by atoms with Crippen LogP contribution in [0.1, 0.15) is 25.7 Å². The molecule has 20 heavy (non-hydrogen) atoms. The summed E-state index contributed by atoms with van der Waals surface area (Å²) in [7, 11) is -3.57. The van der Waals surface area contributed by atoms with Crippen molar-refractivity contribution in [2.75, 3.05) is 6.54 Å². The van der Waals surface area contributed by atoms with E-state index in [2.05, 4.69) is 4.72 Å². The molecule has 1 N–H and O–H groups in total. The largest absolute Gasteiger partial charge is 0.240 e. The van der Waals surface area contributed by atoms with E-state index in [1.165, 1.54) is 18.2 Å².